The molecular weight excluding hydrogens is 168 g/mol. The van der Waals surface area contributed by atoms with Crippen molar-refractivity contribution in [2.75, 3.05) is 0 Å². The molecule has 3 nitrogen and oxygen atoms in total. The monoisotopic (exact) mass is 171 g/mol. The van der Waals surface area contributed by atoms with Crippen LogP contribution in [0.25, 0.3) is 0 Å². The maximum Gasteiger partial charge on any atom is 0.350 e. The molecule has 0 aliphatic rings. The lowest BCUT2D eigenvalue weighted by atomic mass is 10.3. The van der Waals surface area contributed by atoms with Gasteiger partial charge in [0.2, 0.25) is 0 Å². The van der Waals surface area contributed by atoms with Gasteiger partial charge in [0, 0.05) is 0 Å². The summed E-state index contributed by atoms with van der Waals surface area (Å²) >= 11 is 0. The van der Waals surface area contributed by atoms with Gasteiger partial charge in [-0.15, -0.1) is 0 Å². The lowest BCUT2D eigenvalue weighted by molar-refractivity contribution is 0.0826. The molecule has 0 aromatic carbocycles. The van der Waals surface area contributed by atoms with E-state index in [1.54, 1.807) is 0 Å². The van der Waals surface area contributed by atoms with Crippen LogP contribution in [0.2, 0.25) is 0 Å². The Bertz CT molecular complexity index is 309. The lowest BCUT2D eigenvalue weighted by Crippen LogP contribution is -2.01. The summed E-state index contributed by atoms with van der Waals surface area (Å²) in [5.74, 6) is 0. The van der Waals surface area contributed by atoms with Gasteiger partial charge in [0.25, 0.3) is 0 Å². The van der Waals surface area contributed by atoms with Gasteiger partial charge in [-0.05, 0) is 12.1 Å². The van der Waals surface area contributed by atoms with Crippen molar-refractivity contribution in [3.63, 3.8) is 0 Å². The molecule has 0 spiro atoms. The number of halogens is 2. The number of hydrogen-bond donors (Lipinski definition) is 0. The molecule has 62 valence electrons. The van der Waals surface area contributed by atoms with E-state index in [1.165, 1.54) is 6.07 Å². The van der Waals surface area contributed by atoms with Gasteiger partial charge in [-0.2, -0.15) is 8.78 Å². The van der Waals surface area contributed by atoms with Gasteiger partial charge in [0.1, 0.15) is 11.4 Å². The maximum atomic E-state index is 11.9. The fourth-order valence-corrected chi connectivity index (χ4v) is 0.654. The first kappa shape index (κ1) is 8.45. The minimum absolute atomic E-state index is 0.571. The Kier molecular flexibility index (Phi) is 2.23. The highest BCUT2D eigenvalue weighted by Gasteiger charge is 2.09. The van der Waals surface area contributed by atoms with Gasteiger partial charge in [-0.1, -0.05) is 6.07 Å². The Morgan fingerprint density at radius 3 is 1.83 bits per heavy atom. The topological polar surface area (TPSA) is 47.0 Å². The molecule has 0 saturated heterocycles. The summed E-state index contributed by atoms with van der Waals surface area (Å²) in [6.07, 6.45) is 0. The van der Waals surface area contributed by atoms with Gasteiger partial charge in [0.15, 0.2) is 0 Å². The number of aromatic nitrogens is 1. The molecule has 5 heteroatoms. The van der Waals surface area contributed by atoms with Crippen LogP contribution in [0.15, 0.2) is 18.2 Å². The van der Waals surface area contributed by atoms with Crippen LogP contribution in [0.3, 0.4) is 0 Å². The predicted molar refractivity (Wildman–Crippen MR) is 35.1 cm³/mol. The van der Waals surface area contributed by atoms with E-state index in [0.717, 1.165) is 12.1 Å². The molecule has 0 fully saturated rings. The SMILES string of the molecule is O=C(F)c1cccc(C(=O)F)n1. The molecule has 0 atom stereocenters. The molecule has 1 aromatic heterocycles. The van der Waals surface area contributed by atoms with Gasteiger partial charge < -0.3 is 0 Å². The van der Waals surface area contributed by atoms with Crippen LogP contribution >= 0.6 is 0 Å². The number of nitrogens with zero attached hydrogens (tertiary/aromatic N) is 1. The molecule has 1 rings (SSSR count). The zero-order valence-electron chi connectivity index (χ0n) is 5.75. The number of hydrogen-bond acceptors (Lipinski definition) is 3. The quantitative estimate of drug-likeness (QED) is 0.630. The Hall–Kier alpha value is -1.65. The van der Waals surface area contributed by atoms with Gasteiger partial charge >= 0.3 is 12.1 Å². The van der Waals surface area contributed by atoms with E-state index in [4.69, 9.17) is 0 Å². The molecule has 0 bridgehead atoms. The molecule has 0 amide bonds. The van der Waals surface area contributed by atoms with Crippen LogP contribution in [0.1, 0.15) is 21.0 Å². The summed E-state index contributed by atoms with van der Waals surface area (Å²) in [4.78, 5) is 23.2. The molecule has 1 aromatic rings. The smallest absolute Gasteiger partial charge is 0.254 e. The fourth-order valence-electron chi connectivity index (χ4n) is 0.654. The predicted octanol–water partition coefficient (Wildman–Crippen LogP) is 1.30. The van der Waals surface area contributed by atoms with Crippen LogP contribution < -0.4 is 0 Å². The molecule has 0 radical (unpaired) electrons. The summed E-state index contributed by atoms with van der Waals surface area (Å²) in [6, 6.07) is -0.313. The molecule has 0 saturated carbocycles. The Morgan fingerprint density at radius 2 is 1.50 bits per heavy atom. The van der Waals surface area contributed by atoms with E-state index in [1.807, 2.05) is 0 Å². The van der Waals surface area contributed by atoms with Crippen LogP contribution in [0.5, 0.6) is 0 Å². The standard InChI is InChI=1S/C7H3F2NO2/c8-6(11)4-2-1-3-5(10-4)7(9)12/h1-3H. The van der Waals surface area contributed by atoms with Crippen molar-refractivity contribution in [1.29, 1.82) is 0 Å². The minimum atomic E-state index is -1.79. The number of carbonyl (C=O) groups is 2. The van der Waals surface area contributed by atoms with Crippen molar-refractivity contribution < 1.29 is 18.4 Å². The second kappa shape index (κ2) is 3.17. The van der Waals surface area contributed by atoms with Gasteiger partial charge in [-0.25, -0.2) is 4.98 Å². The summed E-state index contributed by atoms with van der Waals surface area (Å²) in [6.45, 7) is 0. The third kappa shape index (κ3) is 1.69. The molecule has 0 unspecified atom stereocenters. The first-order chi connectivity index (χ1) is 5.61. The molecule has 12 heavy (non-hydrogen) atoms. The maximum absolute atomic E-state index is 11.9. The summed E-state index contributed by atoms with van der Waals surface area (Å²) < 4.78 is 23.9. The molecular formula is C7H3F2NO2. The van der Waals surface area contributed by atoms with E-state index in [-0.39, 0.29) is 0 Å². The summed E-state index contributed by atoms with van der Waals surface area (Å²) in [5.41, 5.74) is -1.14. The summed E-state index contributed by atoms with van der Waals surface area (Å²) in [5, 5.41) is 0. The normalized spacial score (nSPS) is 9.50. The average Bonchev–Trinajstić information content (AvgIpc) is 2.04. The lowest BCUT2D eigenvalue weighted by Gasteiger charge is -1.92. The minimum Gasteiger partial charge on any atom is -0.254 e. The fraction of sp³-hybridized carbons (Fsp3) is 0. The van der Waals surface area contributed by atoms with Crippen molar-refractivity contribution in [3.8, 4) is 0 Å². The third-order valence-corrected chi connectivity index (χ3v) is 1.15. The van der Waals surface area contributed by atoms with Gasteiger partial charge in [0.05, 0.1) is 0 Å². The zero-order valence-corrected chi connectivity index (χ0v) is 5.75. The largest absolute Gasteiger partial charge is 0.350 e. The summed E-state index contributed by atoms with van der Waals surface area (Å²) in [7, 11) is 0. The number of rotatable bonds is 2. The molecule has 0 N–H and O–H groups in total. The van der Waals surface area contributed by atoms with Crippen LogP contribution in [-0.2, 0) is 0 Å². The van der Waals surface area contributed by atoms with Crippen molar-refractivity contribution in [2.24, 2.45) is 0 Å². The molecule has 0 aliphatic carbocycles. The van der Waals surface area contributed by atoms with E-state index >= 15 is 0 Å². The van der Waals surface area contributed by atoms with Crippen molar-refractivity contribution in [1.82, 2.24) is 4.98 Å². The Labute approximate surface area is 66.0 Å². The first-order valence-corrected chi connectivity index (χ1v) is 2.98. The Morgan fingerprint density at radius 1 is 1.08 bits per heavy atom. The van der Waals surface area contributed by atoms with Gasteiger partial charge in [-0.3, -0.25) is 9.59 Å². The number of pyridine rings is 1. The second-order valence-electron chi connectivity index (χ2n) is 1.96. The van der Waals surface area contributed by atoms with E-state index in [0.29, 0.717) is 0 Å². The highest BCUT2D eigenvalue weighted by atomic mass is 19.1. The highest BCUT2D eigenvalue weighted by molar-refractivity contribution is 5.90. The van der Waals surface area contributed by atoms with Crippen LogP contribution in [0, 0.1) is 0 Å². The van der Waals surface area contributed by atoms with Crippen molar-refractivity contribution in [2.45, 2.75) is 0 Å². The van der Waals surface area contributed by atoms with E-state index < -0.39 is 23.5 Å². The van der Waals surface area contributed by atoms with Crippen molar-refractivity contribution in [3.05, 3.63) is 29.6 Å². The highest BCUT2D eigenvalue weighted by Crippen LogP contribution is 2.02. The molecule has 1 heterocycles. The second-order valence-corrected chi connectivity index (χ2v) is 1.96. The Balaban J connectivity index is 3.12. The van der Waals surface area contributed by atoms with E-state index in [9.17, 15) is 18.4 Å². The van der Waals surface area contributed by atoms with Crippen LogP contribution in [0.4, 0.5) is 8.78 Å². The third-order valence-electron chi connectivity index (χ3n) is 1.15. The van der Waals surface area contributed by atoms with E-state index in [2.05, 4.69) is 4.98 Å². The average molecular weight is 171 g/mol. The molecule has 0 aliphatic heterocycles. The van der Waals surface area contributed by atoms with Crippen molar-refractivity contribution >= 4 is 12.1 Å². The zero-order chi connectivity index (χ0) is 9.14. The van der Waals surface area contributed by atoms with Crippen LogP contribution in [-0.4, -0.2) is 17.1 Å². The number of carbonyl (C=O) groups excluding carboxylic acids is 2. The first-order valence-electron chi connectivity index (χ1n) is 2.98.